The number of alkyl halides is 3. The number of aliphatic hydroxyl groups is 1. The van der Waals surface area contributed by atoms with E-state index in [1.165, 1.54) is 31.2 Å². The Labute approximate surface area is 115 Å². The summed E-state index contributed by atoms with van der Waals surface area (Å²) in [4.78, 5) is -0.0829. The molecule has 0 saturated heterocycles. The summed E-state index contributed by atoms with van der Waals surface area (Å²) in [5.74, 6) is -0.165. The molecule has 2 N–H and O–H groups in total. The predicted octanol–water partition coefficient (Wildman–Crippen LogP) is 2.21. The zero-order valence-corrected chi connectivity index (χ0v) is 11.8. The monoisotopic (exact) mass is 311 g/mol. The van der Waals surface area contributed by atoms with E-state index in [9.17, 15) is 26.7 Å². The molecular formula is C12H16F3NO3S. The standard InChI is InChI=1S/C12H16F3NO3S/c1-3-20(18,19)10-7-5-4-6-9(10)16-8-11(2,17)12(13,14)15/h4-7,16-17H,3,8H2,1-2H3. The van der Waals surface area contributed by atoms with Crippen LogP contribution < -0.4 is 5.32 Å². The van der Waals surface area contributed by atoms with E-state index in [1.54, 1.807) is 0 Å². The third-order valence-corrected chi connectivity index (χ3v) is 4.62. The topological polar surface area (TPSA) is 66.4 Å². The lowest BCUT2D eigenvalue weighted by Crippen LogP contribution is -2.47. The van der Waals surface area contributed by atoms with E-state index in [0.29, 0.717) is 6.92 Å². The van der Waals surface area contributed by atoms with Crippen molar-refractivity contribution < 1.29 is 26.7 Å². The molecule has 8 heteroatoms. The van der Waals surface area contributed by atoms with E-state index in [4.69, 9.17) is 0 Å². The minimum absolute atomic E-state index is 0.0406. The number of rotatable bonds is 5. The highest BCUT2D eigenvalue weighted by molar-refractivity contribution is 7.91. The van der Waals surface area contributed by atoms with Crippen LogP contribution >= 0.6 is 0 Å². The van der Waals surface area contributed by atoms with Crippen LogP contribution in [-0.4, -0.2) is 37.6 Å². The molecule has 0 bridgehead atoms. The molecule has 1 atom stereocenters. The van der Waals surface area contributed by atoms with Gasteiger partial charge >= 0.3 is 6.18 Å². The van der Waals surface area contributed by atoms with Gasteiger partial charge in [-0.1, -0.05) is 19.1 Å². The quantitative estimate of drug-likeness (QED) is 0.875. The smallest absolute Gasteiger partial charge is 0.381 e. The van der Waals surface area contributed by atoms with E-state index in [-0.39, 0.29) is 16.3 Å². The van der Waals surface area contributed by atoms with Gasteiger partial charge in [0.05, 0.1) is 22.9 Å². The van der Waals surface area contributed by atoms with Crippen LogP contribution in [0.25, 0.3) is 0 Å². The average Bonchev–Trinajstić information content (AvgIpc) is 2.35. The van der Waals surface area contributed by atoms with Crippen LogP contribution in [0.4, 0.5) is 18.9 Å². The molecule has 20 heavy (non-hydrogen) atoms. The molecule has 1 rings (SSSR count). The van der Waals surface area contributed by atoms with Crippen LogP contribution in [0.5, 0.6) is 0 Å². The van der Waals surface area contributed by atoms with E-state index < -0.39 is 28.2 Å². The fraction of sp³-hybridized carbons (Fsp3) is 0.500. The van der Waals surface area contributed by atoms with Gasteiger partial charge in [-0.25, -0.2) is 8.42 Å². The molecule has 114 valence electrons. The maximum absolute atomic E-state index is 12.5. The number of para-hydroxylation sites is 1. The van der Waals surface area contributed by atoms with Gasteiger partial charge < -0.3 is 10.4 Å². The Hall–Kier alpha value is -1.28. The van der Waals surface area contributed by atoms with Crippen LogP contribution in [0, 0.1) is 0 Å². The first-order chi connectivity index (χ1) is 9.01. The summed E-state index contributed by atoms with van der Waals surface area (Å²) in [7, 11) is -3.56. The molecular weight excluding hydrogens is 295 g/mol. The maximum Gasteiger partial charge on any atom is 0.418 e. The molecule has 0 fully saturated rings. The molecule has 0 amide bonds. The zero-order valence-electron chi connectivity index (χ0n) is 11.0. The SMILES string of the molecule is CCS(=O)(=O)c1ccccc1NCC(C)(O)C(F)(F)F. The van der Waals surface area contributed by atoms with Crippen molar-refractivity contribution in [1.82, 2.24) is 0 Å². The Morgan fingerprint density at radius 1 is 1.25 bits per heavy atom. The molecule has 4 nitrogen and oxygen atoms in total. The zero-order chi connectivity index (χ0) is 15.6. The summed E-state index contributed by atoms with van der Waals surface area (Å²) in [6.07, 6.45) is -4.81. The molecule has 0 radical (unpaired) electrons. The summed E-state index contributed by atoms with van der Waals surface area (Å²) >= 11 is 0. The van der Waals surface area contributed by atoms with Gasteiger partial charge in [0, 0.05) is 0 Å². The highest BCUT2D eigenvalue weighted by Crippen LogP contribution is 2.31. The summed E-state index contributed by atoms with van der Waals surface area (Å²) in [5.41, 5.74) is -2.91. The number of halogens is 3. The molecule has 0 aliphatic heterocycles. The van der Waals surface area contributed by atoms with E-state index >= 15 is 0 Å². The van der Waals surface area contributed by atoms with Crippen LogP contribution in [0.3, 0.4) is 0 Å². The molecule has 0 spiro atoms. The first-order valence-corrected chi connectivity index (χ1v) is 7.51. The predicted molar refractivity (Wildman–Crippen MR) is 69.3 cm³/mol. The van der Waals surface area contributed by atoms with Gasteiger partial charge in [-0.05, 0) is 19.1 Å². The summed E-state index contributed by atoms with van der Waals surface area (Å²) in [6, 6.07) is 5.65. The van der Waals surface area contributed by atoms with Crippen molar-refractivity contribution in [3.63, 3.8) is 0 Å². The highest BCUT2D eigenvalue weighted by atomic mass is 32.2. The second kappa shape index (κ2) is 5.61. The summed E-state index contributed by atoms with van der Waals surface area (Å²) in [6.45, 7) is 1.22. The van der Waals surface area contributed by atoms with Crippen molar-refractivity contribution in [2.24, 2.45) is 0 Å². The van der Waals surface area contributed by atoms with Crippen molar-refractivity contribution in [3.05, 3.63) is 24.3 Å². The van der Waals surface area contributed by atoms with Crippen molar-refractivity contribution in [2.45, 2.75) is 30.5 Å². The lowest BCUT2D eigenvalue weighted by atomic mass is 10.1. The number of sulfone groups is 1. The molecule has 0 heterocycles. The first-order valence-electron chi connectivity index (χ1n) is 5.86. The fourth-order valence-electron chi connectivity index (χ4n) is 1.41. The summed E-state index contributed by atoms with van der Waals surface area (Å²) < 4.78 is 61.2. The van der Waals surface area contributed by atoms with E-state index in [2.05, 4.69) is 5.32 Å². The number of anilines is 1. The molecule has 1 unspecified atom stereocenters. The van der Waals surface area contributed by atoms with Crippen molar-refractivity contribution >= 4 is 15.5 Å². The lowest BCUT2D eigenvalue weighted by molar-refractivity contribution is -0.246. The highest BCUT2D eigenvalue weighted by Gasteiger charge is 2.49. The largest absolute Gasteiger partial charge is 0.418 e. The van der Waals surface area contributed by atoms with Gasteiger partial charge in [0.1, 0.15) is 0 Å². The van der Waals surface area contributed by atoms with Crippen LogP contribution in [0.1, 0.15) is 13.8 Å². The van der Waals surface area contributed by atoms with E-state index in [1.807, 2.05) is 0 Å². The van der Waals surface area contributed by atoms with Gasteiger partial charge in [-0.15, -0.1) is 0 Å². The molecule has 1 aromatic carbocycles. The van der Waals surface area contributed by atoms with Crippen molar-refractivity contribution in [3.8, 4) is 0 Å². The maximum atomic E-state index is 12.5. The number of nitrogens with one attached hydrogen (secondary N) is 1. The number of hydrogen-bond acceptors (Lipinski definition) is 4. The Bertz CT molecular complexity index is 568. The second-order valence-electron chi connectivity index (χ2n) is 4.52. The third kappa shape index (κ3) is 3.63. The van der Waals surface area contributed by atoms with Crippen LogP contribution in [0.15, 0.2) is 29.2 Å². The second-order valence-corrected chi connectivity index (χ2v) is 6.77. The molecule has 0 saturated carbocycles. The van der Waals surface area contributed by atoms with Crippen LogP contribution in [-0.2, 0) is 9.84 Å². The van der Waals surface area contributed by atoms with Gasteiger partial charge in [0.2, 0.25) is 0 Å². The van der Waals surface area contributed by atoms with Gasteiger partial charge in [0.25, 0.3) is 0 Å². The van der Waals surface area contributed by atoms with Gasteiger partial charge in [-0.3, -0.25) is 0 Å². The normalized spacial score (nSPS) is 15.7. The lowest BCUT2D eigenvalue weighted by Gasteiger charge is -2.27. The number of hydrogen-bond donors (Lipinski definition) is 2. The fourth-order valence-corrected chi connectivity index (χ4v) is 2.48. The minimum atomic E-state index is -4.81. The molecule has 1 aromatic rings. The Balaban J connectivity index is 3.02. The average molecular weight is 311 g/mol. The molecule has 0 aliphatic carbocycles. The first kappa shape index (κ1) is 16.8. The number of benzene rings is 1. The Kier molecular flexibility index (Phi) is 4.70. The van der Waals surface area contributed by atoms with Crippen molar-refractivity contribution in [1.29, 1.82) is 0 Å². The van der Waals surface area contributed by atoms with Gasteiger partial charge in [0.15, 0.2) is 15.4 Å². The molecule has 0 aromatic heterocycles. The Morgan fingerprint density at radius 3 is 2.30 bits per heavy atom. The third-order valence-electron chi connectivity index (χ3n) is 2.84. The van der Waals surface area contributed by atoms with Crippen molar-refractivity contribution in [2.75, 3.05) is 17.6 Å². The Morgan fingerprint density at radius 2 is 1.80 bits per heavy atom. The van der Waals surface area contributed by atoms with E-state index in [0.717, 1.165) is 0 Å². The molecule has 0 aliphatic rings. The van der Waals surface area contributed by atoms with Gasteiger partial charge in [-0.2, -0.15) is 13.2 Å². The summed E-state index contributed by atoms with van der Waals surface area (Å²) in [5, 5.41) is 11.7. The minimum Gasteiger partial charge on any atom is -0.381 e. The van der Waals surface area contributed by atoms with Crippen LogP contribution in [0.2, 0.25) is 0 Å².